The van der Waals surface area contributed by atoms with Crippen LogP contribution in [0.15, 0.2) is 12.3 Å². The Balaban J connectivity index is 3.24. The molecule has 1 heterocycles. The van der Waals surface area contributed by atoms with Crippen molar-refractivity contribution in [2.24, 2.45) is 5.73 Å². The van der Waals surface area contributed by atoms with Gasteiger partial charge in [0.05, 0.1) is 5.69 Å². The topological polar surface area (TPSA) is 114 Å². The van der Waals surface area contributed by atoms with Gasteiger partial charge in [0.15, 0.2) is 0 Å². The summed E-state index contributed by atoms with van der Waals surface area (Å²) in [5.41, 5.74) is 12.4. The first-order valence-corrected chi connectivity index (χ1v) is 4.38. The summed E-state index contributed by atoms with van der Waals surface area (Å²) in [6.45, 7) is 1.63. The predicted octanol–water partition coefficient (Wildman–Crippen LogP) is 0.440. The maximum absolute atomic E-state index is 7.52. The minimum Gasteiger partial charge on any atom is -0.404 e. The van der Waals surface area contributed by atoms with Crippen LogP contribution in [0, 0.1) is 5.41 Å². The minimum absolute atomic E-state index is 0.150. The second-order valence-electron chi connectivity index (χ2n) is 2.95. The first-order chi connectivity index (χ1) is 7.08. The van der Waals surface area contributed by atoms with E-state index in [0.29, 0.717) is 22.8 Å². The van der Waals surface area contributed by atoms with Gasteiger partial charge in [-0.15, -0.1) is 0 Å². The Hall–Kier alpha value is -2.11. The number of nitrogens with zero attached hydrogens (tertiary/aromatic N) is 2. The van der Waals surface area contributed by atoms with Gasteiger partial charge in [-0.2, -0.15) is 4.98 Å². The zero-order valence-electron chi connectivity index (χ0n) is 8.70. The molecule has 0 amide bonds. The second kappa shape index (κ2) is 4.41. The van der Waals surface area contributed by atoms with Crippen molar-refractivity contribution in [2.45, 2.75) is 6.92 Å². The van der Waals surface area contributed by atoms with Crippen LogP contribution in [0.1, 0.15) is 12.6 Å². The molecule has 1 aromatic heterocycles. The summed E-state index contributed by atoms with van der Waals surface area (Å²) >= 11 is 0. The number of anilines is 2. The zero-order chi connectivity index (χ0) is 11.4. The molecule has 0 aliphatic carbocycles. The molecular formula is C9H14N6. The Morgan fingerprint density at radius 2 is 2.20 bits per heavy atom. The van der Waals surface area contributed by atoms with Crippen LogP contribution in [0.5, 0.6) is 0 Å². The normalized spacial score (nSPS) is 11.2. The fourth-order valence-corrected chi connectivity index (χ4v) is 1.13. The molecule has 80 valence electrons. The number of nitrogen functional groups attached to an aromatic ring is 1. The second-order valence-corrected chi connectivity index (χ2v) is 2.95. The number of allylic oxidation sites excluding steroid dienone is 1. The van der Waals surface area contributed by atoms with Gasteiger partial charge in [-0.25, -0.2) is 4.98 Å². The predicted molar refractivity (Wildman–Crippen MR) is 61.6 cm³/mol. The van der Waals surface area contributed by atoms with Crippen molar-refractivity contribution in [3.63, 3.8) is 0 Å². The largest absolute Gasteiger partial charge is 0.404 e. The SMILES string of the molecule is CNc1cc(/C(=C/N)C(C)=N)nc(N)n1. The third-order valence-electron chi connectivity index (χ3n) is 1.85. The standard InChI is InChI=1S/C9H14N6/c1-5(11)6(4-10)7-3-8(13-2)15-9(12)14-7/h3-4,11H,10H2,1-2H3,(H3,12,13,14,15)/b6-4+,11-5?. The van der Waals surface area contributed by atoms with Crippen molar-refractivity contribution in [1.29, 1.82) is 5.41 Å². The van der Waals surface area contributed by atoms with Gasteiger partial charge >= 0.3 is 0 Å². The number of rotatable bonds is 3. The molecule has 6 heteroatoms. The van der Waals surface area contributed by atoms with E-state index in [9.17, 15) is 0 Å². The fraction of sp³-hybridized carbons (Fsp3) is 0.222. The van der Waals surface area contributed by atoms with E-state index >= 15 is 0 Å². The first-order valence-electron chi connectivity index (χ1n) is 4.38. The maximum atomic E-state index is 7.52. The third-order valence-corrected chi connectivity index (χ3v) is 1.85. The quantitative estimate of drug-likeness (QED) is 0.536. The lowest BCUT2D eigenvalue weighted by Gasteiger charge is -2.07. The highest BCUT2D eigenvalue weighted by Crippen LogP contribution is 2.16. The van der Waals surface area contributed by atoms with E-state index in [1.165, 1.54) is 6.20 Å². The number of hydrogen-bond donors (Lipinski definition) is 4. The van der Waals surface area contributed by atoms with Crippen LogP contribution in [0.25, 0.3) is 5.57 Å². The Labute approximate surface area is 87.9 Å². The Bertz CT molecular complexity index is 409. The van der Waals surface area contributed by atoms with E-state index in [1.807, 2.05) is 0 Å². The number of nitrogens with two attached hydrogens (primary N) is 2. The number of aromatic nitrogens is 2. The summed E-state index contributed by atoms with van der Waals surface area (Å²) in [6, 6.07) is 1.69. The number of hydrogen-bond acceptors (Lipinski definition) is 6. The van der Waals surface area contributed by atoms with Gasteiger partial charge in [-0.3, -0.25) is 0 Å². The van der Waals surface area contributed by atoms with Crippen molar-refractivity contribution in [2.75, 3.05) is 18.1 Å². The average Bonchev–Trinajstić information content (AvgIpc) is 2.17. The summed E-state index contributed by atoms with van der Waals surface area (Å²) in [6.07, 6.45) is 1.34. The van der Waals surface area contributed by atoms with Gasteiger partial charge in [-0.05, 0) is 6.92 Å². The highest BCUT2D eigenvalue weighted by Gasteiger charge is 2.08. The van der Waals surface area contributed by atoms with E-state index in [4.69, 9.17) is 16.9 Å². The van der Waals surface area contributed by atoms with E-state index in [0.717, 1.165) is 0 Å². The summed E-state index contributed by atoms with van der Waals surface area (Å²) in [5, 5.41) is 10.4. The molecule has 0 aromatic carbocycles. The molecule has 0 spiro atoms. The molecule has 0 radical (unpaired) electrons. The van der Waals surface area contributed by atoms with E-state index < -0.39 is 0 Å². The van der Waals surface area contributed by atoms with Crippen LogP contribution < -0.4 is 16.8 Å². The maximum Gasteiger partial charge on any atom is 0.222 e. The third kappa shape index (κ3) is 2.43. The molecule has 0 aliphatic rings. The molecule has 0 aliphatic heterocycles. The molecule has 6 nitrogen and oxygen atoms in total. The molecule has 0 saturated carbocycles. The molecule has 15 heavy (non-hydrogen) atoms. The van der Waals surface area contributed by atoms with Gasteiger partial charge in [0.25, 0.3) is 0 Å². The first kappa shape index (κ1) is 11.0. The molecule has 0 atom stereocenters. The summed E-state index contributed by atoms with van der Waals surface area (Å²) in [7, 11) is 1.73. The van der Waals surface area contributed by atoms with E-state index in [-0.39, 0.29) is 5.95 Å². The van der Waals surface area contributed by atoms with Gasteiger partial charge in [0.1, 0.15) is 5.82 Å². The van der Waals surface area contributed by atoms with Gasteiger partial charge in [0, 0.05) is 30.6 Å². The Kier molecular flexibility index (Phi) is 3.22. The molecule has 0 saturated heterocycles. The van der Waals surface area contributed by atoms with Crippen LogP contribution in [0.4, 0.5) is 11.8 Å². The fourth-order valence-electron chi connectivity index (χ4n) is 1.13. The van der Waals surface area contributed by atoms with Crippen molar-refractivity contribution in [3.8, 4) is 0 Å². The van der Waals surface area contributed by atoms with Crippen LogP contribution in [-0.4, -0.2) is 22.7 Å². The average molecular weight is 206 g/mol. The molecule has 0 unspecified atom stereocenters. The van der Waals surface area contributed by atoms with Crippen LogP contribution >= 0.6 is 0 Å². The van der Waals surface area contributed by atoms with Crippen molar-refractivity contribution in [3.05, 3.63) is 18.0 Å². The minimum atomic E-state index is 0.150. The monoisotopic (exact) mass is 206 g/mol. The molecular weight excluding hydrogens is 192 g/mol. The molecule has 6 N–H and O–H groups in total. The molecule has 1 rings (SSSR count). The van der Waals surface area contributed by atoms with Crippen LogP contribution in [0.3, 0.4) is 0 Å². The Morgan fingerprint density at radius 1 is 1.53 bits per heavy atom. The lowest BCUT2D eigenvalue weighted by Crippen LogP contribution is -2.06. The zero-order valence-corrected chi connectivity index (χ0v) is 8.70. The van der Waals surface area contributed by atoms with Crippen molar-refractivity contribution >= 4 is 23.1 Å². The highest BCUT2D eigenvalue weighted by molar-refractivity contribution is 6.20. The van der Waals surface area contributed by atoms with Crippen LogP contribution in [-0.2, 0) is 0 Å². The van der Waals surface area contributed by atoms with Gasteiger partial charge < -0.3 is 22.2 Å². The van der Waals surface area contributed by atoms with Crippen LogP contribution in [0.2, 0.25) is 0 Å². The van der Waals surface area contributed by atoms with E-state index in [2.05, 4.69) is 15.3 Å². The molecule has 1 aromatic rings. The smallest absolute Gasteiger partial charge is 0.222 e. The molecule has 0 fully saturated rings. The lowest BCUT2D eigenvalue weighted by atomic mass is 10.1. The van der Waals surface area contributed by atoms with Crippen molar-refractivity contribution < 1.29 is 0 Å². The number of nitrogens with one attached hydrogen (secondary N) is 2. The summed E-state index contributed by atoms with van der Waals surface area (Å²) in [5.74, 6) is 0.746. The van der Waals surface area contributed by atoms with Gasteiger partial charge in [-0.1, -0.05) is 0 Å². The Morgan fingerprint density at radius 3 is 2.67 bits per heavy atom. The van der Waals surface area contributed by atoms with Crippen molar-refractivity contribution in [1.82, 2.24) is 9.97 Å². The van der Waals surface area contributed by atoms with Gasteiger partial charge in [0.2, 0.25) is 5.95 Å². The van der Waals surface area contributed by atoms with E-state index in [1.54, 1.807) is 20.0 Å². The summed E-state index contributed by atoms with van der Waals surface area (Å²) < 4.78 is 0. The lowest BCUT2D eigenvalue weighted by molar-refractivity contribution is 1.15. The highest BCUT2D eigenvalue weighted by atomic mass is 15.1. The molecule has 0 bridgehead atoms. The summed E-state index contributed by atoms with van der Waals surface area (Å²) in [4.78, 5) is 7.96.